The summed E-state index contributed by atoms with van der Waals surface area (Å²) in [4.78, 5) is 5.86. The molecule has 4 nitrogen and oxygen atoms in total. The fourth-order valence-corrected chi connectivity index (χ4v) is 4.30. The van der Waals surface area contributed by atoms with Crippen LogP contribution in [0.15, 0.2) is 29.8 Å². The van der Waals surface area contributed by atoms with E-state index in [2.05, 4.69) is 17.6 Å². The summed E-state index contributed by atoms with van der Waals surface area (Å²) in [5.74, 6) is 0.538. The van der Waals surface area contributed by atoms with Crippen molar-refractivity contribution < 1.29 is 9.84 Å². The number of hydrogen-bond donors (Lipinski definition) is 1. The molecule has 1 aromatic heterocycles. The zero-order valence-corrected chi connectivity index (χ0v) is 15.0. The van der Waals surface area contributed by atoms with Gasteiger partial charge in [0.05, 0.1) is 12.7 Å². The van der Waals surface area contributed by atoms with Gasteiger partial charge in [-0.15, -0.1) is 17.9 Å². The van der Waals surface area contributed by atoms with E-state index < -0.39 is 0 Å². The highest BCUT2D eigenvalue weighted by Crippen LogP contribution is 2.39. The first-order valence-corrected chi connectivity index (χ1v) is 9.09. The van der Waals surface area contributed by atoms with Gasteiger partial charge in [0.15, 0.2) is 11.5 Å². The topological polar surface area (TPSA) is 65.6 Å². The lowest BCUT2D eigenvalue weighted by molar-refractivity contribution is 0.371. The Balaban J connectivity index is 1.97. The molecule has 0 fully saturated rings. The fraction of sp³-hybridized carbons (Fsp3) is 0.300. The number of ether oxygens (including phenoxy) is 1. The van der Waals surface area contributed by atoms with Gasteiger partial charge in [0.1, 0.15) is 11.1 Å². The van der Waals surface area contributed by atoms with Crippen LogP contribution in [0.3, 0.4) is 0 Å². The Labute approximate surface area is 151 Å². The quantitative estimate of drug-likeness (QED) is 0.627. The number of fused-ring (bicyclic) bond motifs is 1. The number of aromatic hydroxyl groups is 1. The maximum Gasteiger partial charge on any atom is 0.161 e. The van der Waals surface area contributed by atoms with E-state index >= 15 is 0 Å². The van der Waals surface area contributed by atoms with E-state index in [1.807, 2.05) is 6.07 Å². The standard InChI is InChI=1S/C20H20N2O2S/c1-3-6-14-9-13(10-17(24-2)19(14)23)12-22-20-16(11-21)15-7-4-5-8-18(15)25-20/h3,9-10,12,23H,1,4-8H2,2H3. The predicted molar refractivity (Wildman–Crippen MR) is 101 cm³/mol. The molecular weight excluding hydrogens is 332 g/mol. The first-order chi connectivity index (χ1) is 12.2. The van der Waals surface area contributed by atoms with Gasteiger partial charge in [-0.05, 0) is 55.4 Å². The maximum atomic E-state index is 10.2. The van der Waals surface area contributed by atoms with Crippen molar-refractivity contribution in [2.24, 2.45) is 4.99 Å². The van der Waals surface area contributed by atoms with Gasteiger partial charge in [-0.3, -0.25) is 0 Å². The minimum Gasteiger partial charge on any atom is -0.504 e. The highest BCUT2D eigenvalue weighted by molar-refractivity contribution is 7.16. The van der Waals surface area contributed by atoms with Crippen LogP contribution < -0.4 is 4.74 Å². The zero-order valence-electron chi connectivity index (χ0n) is 14.2. The number of nitriles is 1. The zero-order chi connectivity index (χ0) is 17.8. The third-order valence-electron chi connectivity index (χ3n) is 4.36. The van der Waals surface area contributed by atoms with Crippen LogP contribution in [0.25, 0.3) is 0 Å². The summed E-state index contributed by atoms with van der Waals surface area (Å²) in [5.41, 5.74) is 3.46. The van der Waals surface area contributed by atoms with E-state index in [0.717, 1.165) is 35.4 Å². The normalized spacial score (nSPS) is 13.4. The average Bonchev–Trinajstić information content (AvgIpc) is 2.99. The summed E-state index contributed by atoms with van der Waals surface area (Å²) in [5, 5.41) is 20.4. The SMILES string of the molecule is C=CCc1cc(C=Nc2sc3c(c2C#N)CCCC3)cc(OC)c1O. The molecule has 0 radical (unpaired) electrons. The first-order valence-electron chi connectivity index (χ1n) is 8.27. The molecule has 0 spiro atoms. The molecule has 1 N–H and O–H groups in total. The van der Waals surface area contributed by atoms with Crippen molar-refractivity contribution in [1.82, 2.24) is 0 Å². The minimum absolute atomic E-state index is 0.129. The van der Waals surface area contributed by atoms with Gasteiger partial charge in [-0.25, -0.2) is 4.99 Å². The molecule has 3 rings (SSSR count). The molecule has 0 bridgehead atoms. The Bertz CT molecular complexity index is 875. The number of nitrogens with zero attached hydrogens (tertiary/aromatic N) is 2. The number of allylic oxidation sites excluding steroid dienone is 1. The molecule has 1 aliphatic carbocycles. The van der Waals surface area contributed by atoms with Gasteiger partial charge in [0, 0.05) is 16.7 Å². The number of aryl methyl sites for hydroxylation is 1. The number of phenolic OH excluding ortho intramolecular Hbond substituents is 1. The van der Waals surface area contributed by atoms with Crippen LogP contribution in [-0.2, 0) is 19.3 Å². The number of aliphatic imine (C=N–C) groups is 1. The van der Waals surface area contributed by atoms with Crippen molar-refractivity contribution >= 4 is 22.6 Å². The minimum atomic E-state index is 0.129. The summed E-state index contributed by atoms with van der Waals surface area (Å²) in [7, 11) is 1.52. The Morgan fingerprint density at radius 3 is 2.92 bits per heavy atom. The molecule has 128 valence electrons. The smallest absolute Gasteiger partial charge is 0.161 e. The number of rotatable bonds is 5. The van der Waals surface area contributed by atoms with Crippen LogP contribution in [0.1, 0.15) is 40.0 Å². The number of methoxy groups -OCH3 is 1. The maximum absolute atomic E-state index is 10.2. The molecule has 2 aromatic rings. The van der Waals surface area contributed by atoms with Gasteiger partial charge in [0.25, 0.3) is 0 Å². The van der Waals surface area contributed by atoms with Gasteiger partial charge in [0.2, 0.25) is 0 Å². The summed E-state index contributed by atoms with van der Waals surface area (Å²) >= 11 is 1.62. The van der Waals surface area contributed by atoms with Crippen LogP contribution in [0, 0.1) is 11.3 Å². The molecule has 0 aliphatic heterocycles. The molecular formula is C20H20N2O2S. The molecule has 1 heterocycles. The van der Waals surface area contributed by atoms with Gasteiger partial charge in [-0.2, -0.15) is 5.26 Å². The lowest BCUT2D eigenvalue weighted by Crippen LogP contribution is -1.99. The first kappa shape index (κ1) is 17.2. The Morgan fingerprint density at radius 2 is 2.20 bits per heavy atom. The molecule has 0 atom stereocenters. The largest absolute Gasteiger partial charge is 0.504 e. The van der Waals surface area contributed by atoms with Crippen LogP contribution in [-0.4, -0.2) is 18.4 Å². The van der Waals surface area contributed by atoms with Crippen LogP contribution in [0.2, 0.25) is 0 Å². The van der Waals surface area contributed by atoms with Gasteiger partial charge < -0.3 is 9.84 Å². The van der Waals surface area contributed by atoms with Crippen LogP contribution in [0.5, 0.6) is 11.5 Å². The molecule has 0 saturated heterocycles. The average molecular weight is 352 g/mol. The summed E-state index contributed by atoms with van der Waals surface area (Å²) < 4.78 is 5.24. The second-order valence-electron chi connectivity index (χ2n) is 5.98. The van der Waals surface area contributed by atoms with Crippen molar-refractivity contribution in [2.75, 3.05) is 7.11 Å². The number of phenols is 1. The highest BCUT2D eigenvalue weighted by atomic mass is 32.1. The second-order valence-corrected chi connectivity index (χ2v) is 7.07. The van der Waals surface area contributed by atoms with Crippen LogP contribution >= 0.6 is 11.3 Å². The lowest BCUT2D eigenvalue weighted by Gasteiger charge is -2.09. The van der Waals surface area contributed by atoms with Crippen LogP contribution in [0.4, 0.5) is 5.00 Å². The van der Waals surface area contributed by atoms with E-state index in [9.17, 15) is 10.4 Å². The summed E-state index contributed by atoms with van der Waals surface area (Å²) in [6, 6.07) is 5.93. The van der Waals surface area contributed by atoms with Crippen molar-refractivity contribution in [2.45, 2.75) is 32.1 Å². The Hall–Kier alpha value is -2.58. The third kappa shape index (κ3) is 3.45. The third-order valence-corrected chi connectivity index (χ3v) is 5.56. The van der Waals surface area contributed by atoms with Crippen molar-refractivity contribution in [3.8, 4) is 17.6 Å². The van der Waals surface area contributed by atoms with E-state index in [-0.39, 0.29) is 5.75 Å². The number of thiophene rings is 1. The molecule has 0 saturated carbocycles. The van der Waals surface area contributed by atoms with Crippen molar-refractivity contribution in [3.05, 3.63) is 51.9 Å². The van der Waals surface area contributed by atoms with Gasteiger partial charge >= 0.3 is 0 Å². The molecule has 5 heteroatoms. The monoisotopic (exact) mass is 352 g/mol. The van der Waals surface area contributed by atoms with Gasteiger partial charge in [-0.1, -0.05) is 6.08 Å². The fourth-order valence-electron chi connectivity index (χ4n) is 3.12. The van der Waals surface area contributed by atoms with E-state index in [1.165, 1.54) is 24.0 Å². The summed E-state index contributed by atoms with van der Waals surface area (Å²) in [6.07, 6.45) is 8.34. The van der Waals surface area contributed by atoms with Crippen molar-refractivity contribution in [1.29, 1.82) is 5.26 Å². The lowest BCUT2D eigenvalue weighted by atomic mass is 9.96. The highest BCUT2D eigenvalue weighted by Gasteiger charge is 2.20. The number of benzene rings is 1. The van der Waals surface area contributed by atoms with E-state index in [1.54, 1.807) is 29.7 Å². The Kier molecular flexibility index (Phi) is 5.20. The molecule has 0 amide bonds. The molecule has 1 aliphatic rings. The predicted octanol–water partition coefficient (Wildman–Crippen LogP) is 4.69. The Morgan fingerprint density at radius 1 is 1.40 bits per heavy atom. The molecule has 1 aromatic carbocycles. The summed E-state index contributed by atoms with van der Waals surface area (Å²) in [6.45, 7) is 3.72. The second kappa shape index (κ2) is 7.54. The molecule has 0 unspecified atom stereocenters. The van der Waals surface area contributed by atoms with E-state index in [4.69, 9.17) is 4.74 Å². The van der Waals surface area contributed by atoms with Crippen molar-refractivity contribution in [3.63, 3.8) is 0 Å². The number of hydrogen-bond acceptors (Lipinski definition) is 5. The van der Waals surface area contributed by atoms with E-state index in [0.29, 0.717) is 17.7 Å². The molecule has 25 heavy (non-hydrogen) atoms.